The highest BCUT2D eigenvalue weighted by molar-refractivity contribution is 7.18. The molecule has 170 valence electrons. The van der Waals surface area contributed by atoms with E-state index in [9.17, 15) is 14.3 Å². The summed E-state index contributed by atoms with van der Waals surface area (Å²) in [6.07, 6.45) is 1.78. The van der Waals surface area contributed by atoms with E-state index in [1.807, 2.05) is 24.3 Å². The van der Waals surface area contributed by atoms with Crippen molar-refractivity contribution in [2.75, 3.05) is 13.1 Å². The maximum atomic E-state index is 14.4. The summed E-state index contributed by atoms with van der Waals surface area (Å²) in [6.45, 7) is 11.7. The molecule has 3 N–H and O–H groups in total. The van der Waals surface area contributed by atoms with Crippen molar-refractivity contribution >= 4 is 22.9 Å². The van der Waals surface area contributed by atoms with Gasteiger partial charge in [0.2, 0.25) is 5.69 Å². The van der Waals surface area contributed by atoms with Crippen molar-refractivity contribution in [1.29, 1.82) is 0 Å². The molecule has 1 saturated heterocycles. The summed E-state index contributed by atoms with van der Waals surface area (Å²) < 4.78 is 14.4. The average molecular weight is 464 g/mol. The lowest BCUT2D eigenvalue weighted by molar-refractivity contribution is 0.0713. The molecule has 5 nitrogen and oxygen atoms in total. The van der Waals surface area contributed by atoms with E-state index >= 15 is 0 Å². The van der Waals surface area contributed by atoms with E-state index in [4.69, 9.17) is 12.3 Å². The highest BCUT2D eigenvalue weighted by Gasteiger charge is 2.26. The van der Waals surface area contributed by atoms with E-state index in [0.29, 0.717) is 23.5 Å². The van der Waals surface area contributed by atoms with E-state index in [2.05, 4.69) is 4.85 Å². The Morgan fingerprint density at radius 1 is 1.21 bits per heavy atom. The van der Waals surface area contributed by atoms with Gasteiger partial charge in [-0.2, -0.15) is 0 Å². The van der Waals surface area contributed by atoms with Gasteiger partial charge in [-0.25, -0.2) is 9.24 Å². The summed E-state index contributed by atoms with van der Waals surface area (Å²) in [5, 5.41) is 10.3. The average Bonchev–Trinajstić information content (AvgIpc) is 3.23. The predicted octanol–water partition coefficient (Wildman–Crippen LogP) is 5.56. The van der Waals surface area contributed by atoms with Crippen molar-refractivity contribution < 1.29 is 14.3 Å². The maximum absolute atomic E-state index is 14.4. The van der Waals surface area contributed by atoms with E-state index in [0.717, 1.165) is 34.4 Å². The third-order valence-corrected chi connectivity index (χ3v) is 7.09. The van der Waals surface area contributed by atoms with Gasteiger partial charge < -0.3 is 15.7 Å². The van der Waals surface area contributed by atoms with Crippen LogP contribution in [0.15, 0.2) is 48.5 Å². The summed E-state index contributed by atoms with van der Waals surface area (Å²) in [6, 6.07) is 13.8. The van der Waals surface area contributed by atoms with Crippen LogP contribution in [0.5, 0.6) is 0 Å². The minimum Gasteiger partial charge on any atom is -0.386 e. The van der Waals surface area contributed by atoms with Crippen molar-refractivity contribution in [3.8, 4) is 21.6 Å². The molecule has 1 atom stereocenters. The standard InChI is InChI=1S/C26H26FN3O2S/c1-26(2,32)18-9-6-16(7-10-18)24-20(17-8-11-22(29-3)21(27)13-17)14-23(33-24)25(31)30-12-4-5-19(28)15-30/h6-11,13-14,19,32H,4-5,12,15,28H2,1-2H3/t19-/m1/s1. The van der Waals surface area contributed by atoms with Crippen LogP contribution in [0, 0.1) is 12.4 Å². The smallest absolute Gasteiger partial charge is 0.264 e. The molecule has 0 aliphatic carbocycles. The molecule has 0 saturated carbocycles. The number of nitrogens with two attached hydrogens (primary N) is 1. The number of likely N-dealkylation sites (tertiary alicyclic amines) is 1. The molecule has 2 heterocycles. The molecule has 3 aromatic rings. The first-order valence-electron chi connectivity index (χ1n) is 10.9. The van der Waals surface area contributed by atoms with Crippen LogP contribution in [0.4, 0.5) is 10.1 Å². The molecule has 33 heavy (non-hydrogen) atoms. The number of carbonyl (C=O) groups excluding carboxylic acids is 1. The number of piperidine rings is 1. The summed E-state index contributed by atoms with van der Waals surface area (Å²) in [4.78, 5) is 19.6. The number of thiophene rings is 1. The Kier molecular flexibility index (Phi) is 6.35. The van der Waals surface area contributed by atoms with Crippen molar-refractivity contribution in [2.24, 2.45) is 5.73 Å². The lowest BCUT2D eigenvalue weighted by Gasteiger charge is -2.30. The van der Waals surface area contributed by atoms with E-state index in [-0.39, 0.29) is 17.6 Å². The summed E-state index contributed by atoms with van der Waals surface area (Å²) in [5.41, 5.74) is 8.05. The minimum atomic E-state index is -0.969. The highest BCUT2D eigenvalue weighted by atomic mass is 32.1. The molecular weight excluding hydrogens is 437 g/mol. The van der Waals surface area contributed by atoms with Crippen LogP contribution in [0.1, 0.15) is 41.9 Å². The topological polar surface area (TPSA) is 70.9 Å². The van der Waals surface area contributed by atoms with Crippen molar-refractivity contribution in [3.63, 3.8) is 0 Å². The van der Waals surface area contributed by atoms with Crippen LogP contribution in [0.25, 0.3) is 26.4 Å². The van der Waals surface area contributed by atoms with Crippen LogP contribution in [0.2, 0.25) is 0 Å². The molecule has 2 aromatic carbocycles. The Morgan fingerprint density at radius 2 is 1.91 bits per heavy atom. The lowest BCUT2D eigenvalue weighted by atomic mass is 9.95. The lowest BCUT2D eigenvalue weighted by Crippen LogP contribution is -2.45. The van der Waals surface area contributed by atoms with Gasteiger partial charge in [0.15, 0.2) is 0 Å². The van der Waals surface area contributed by atoms with Gasteiger partial charge in [-0.1, -0.05) is 36.4 Å². The fourth-order valence-corrected chi connectivity index (χ4v) is 5.22. The Balaban J connectivity index is 1.79. The first-order chi connectivity index (χ1) is 15.7. The number of hydrogen-bond acceptors (Lipinski definition) is 4. The van der Waals surface area contributed by atoms with Crippen LogP contribution < -0.4 is 5.73 Å². The molecule has 1 fully saturated rings. The second kappa shape index (κ2) is 9.06. The maximum Gasteiger partial charge on any atom is 0.264 e. The highest BCUT2D eigenvalue weighted by Crippen LogP contribution is 2.41. The van der Waals surface area contributed by atoms with Crippen LogP contribution in [-0.4, -0.2) is 35.0 Å². The molecule has 0 spiro atoms. The second-order valence-electron chi connectivity index (χ2n) is 8.92. The molecule has 0 bridgehead atoms. The van der Waals surface area contributed by atoms with Gasteiger partial charge in [0.05, 0.1) is 17.1 Å². The summed E-state index contributed by atoms with van der Waals surface area (Å²) in [5.74, 6) is -0.666. The monoisotopic (exact) mass is 463 g/mol. The normalized spacial score (nSPS) is 16.5. The number of amides is 1. The largest absolute Gasteiger partial charge is 0.386 e. The van der Waals surface area contributed by atoms with Gasteiger partial charge in [0.25, 0.3) is 5.91 Å². The zero-order valence-corrected chi connectivity index (χ0v) is 19.5. The molecule has 4 rings (SSSR count). The Hall–Kier alpha value is -3.05. The summed E-state index contributed by atoms with van der Waals surface area (Å²) >= 11 is 1.36. The molecule has 1 aromatic heterocycles. The molecule has 0 radical (unpaired) electrons. The Bertz CT molecular complexity index is 1220. The van der Waals surface area contributed by atoms with Gasteiger partial charge in [-0.05, 0) is 55.5 Å². The third kappa shape index (κ3) is 4.83. The van der Waals surface area contributed by atoms with Crippen molar-refractivity contribution in [3.05, 3.63) is 76.2 Å². The van der Waals surface area contributed by atoms with Crippen LogP contribution >= 0.6 is 11.3 Å². The zero-order valence-electron chi connectivity index (χ0n) is 18.6. The third-order valence-electron chi connectivity index (χ3n) is 5.92. The Labute approximate surface area is 197 Å². The molecule has 7 heteroatoms. The second-order valence-corrected chi connectivity index (χ2v) is 9.97. The fraction of sp³-hybridized carbons (Fsp3) is 0.308. The van der Waals surface area contributed by atoms with E-state index in [1.54, 1.807) is 30.9 Å². The first kappa shape index (κ1) is 23.1. The SMILES string of the molecule is [C-]#[N+]c1ccc(-c2cc(C(=O)N3CCC[C@@H](N)C3)sc2-c2ccc(C(C)(C)O)cc2)cc1F. The predicted molar refractivity (Wildman–Crippen MR) is 130 cm³/mol. The van der Waals surface area contributed by atoms with Crippen molar-refractivity contribution in [2.45, 2.75) is 38.3 Å². The minimum absolute atomic E-state index is 0.0220. The van der Waals surface area contributed by atoms with Gasteiger partial charge >= 0.3 is 0 Å². The number of halogens is 1. The molecule has 1 amide bonds. The molecular formula is C26H26FN3O2S. The number of nitrogens with zero attached hydrogens (tertiary/aromatic N) is 2. The molecule has 1 aliphatic heterocycles. The zero-order chi connectivity index (χ0) is 23.8. The molecule has 0 unspecified atom stereocenters. The number of aliphatic hydroxyl groups is 1. The van der Waals surface area contributed by atoms with Gasteiger partial charge in [0, 0.05) is 29.6 Å². The van der Waals surface area contributed by atoms with Gasteiger partial charge in [-0.15, -0.1) is 11.3 Å². The Morgan fingerprint density at radius 3 is 2.52 bits per heavy atom. The number of carbonyl (C=O) groups is 1. The summed E-state index contributed by atoms with van der Waals surface area (Å²) in [7, 11) is 0. The van der Waals surface area contributed by atoms with Crippen LogP contribution in [0.3, 0.4) is 0 Å². The quantitative estimate of drug-likeness (QED) is 0.498. The van der Waals surface area contributed by atoms with Crippen LogP contribution in [-0.2, 0) is 5.60 Å². The van der Waals surface area contributed by atoms with Gasteiger partial charge in [0.1, 0.15) is 5.82 Å². The van der Waals surface area contributed by atoms with Gasteiger partial charge in [-0.3, -0.25) is 4.79 Å². The number of benzene rings is 2. The number of hydrogen-bond donors (Lipinski definition) is 2. The molecule has 1 aliphatic rings. The first-order valence-corrected chi connectivity index (χ1v) is 11.7. The van der Waals surface area contributed by atoms with Crippen molar-refractivity contribution in [1.82, 2.24) is 4.90 Å². The fourth-order valence-electron chi connectivity index (χ4n) is 4.07. The number of rotatable bonds is 4. The van der Waals surface area contributed by atoms with E-state index in [1.165, 1.54) is 23.5 Å². The van der Waals surface area contributed by atoms with E-state index < -0.39 is 11.4 Å².